The quantitative estimate of drug-likeness (QED) is 0.660. The van der Waals surface area contributed by atoms with E-state index in [9.17, 15) is 5.11 Å². The van der Waals surface area contributed by atoms with Gasteiger partial charge in [0.05, 0.1) is 18.3 Å². The van der Waals surface area contributed by atoms with E-state index >= 15 is 0 Å². The smallest absolute Gasteiger partial charge is 0.113 e. The van der Waals surface area contributed by atoms with Gasteiger partial charge in [0.15, 0.2) is 0 Å². The molecule has 31 heavy (non-hydrogen) atoms. The molecule has 6 rings (SSSR count). The SMILES string of the molecule is C[C@]12CC[C@H]3[C@@H](CCC4CCCC[C@@]43C)[C@@H]1C[C@H](n1cc(-c3ccccc3)nn1)[C@H]2O. The molecule has 0 amide bonds. The minimum atomic E-state index is -0.333. The van der Waals surface area contributed by atoms with Gasteiger partial charge in [-0.15, -0.1) is 5.10 Å². The molecule has 4 saturated carbocycles. The van der Waals surface area contributed by atoms with Gasteiger partial charge in [0.2, 0.25) is 0 Å². The summed E-state index contributed by atoms with van der Waals surface area (Å²) in [7, 11) is 0. The molecule has 4 fully saturated rings. The molecule has 4 aliphatic carbocycles. The van der Waals surface area contributed by atoms with Crippen molar-refractivity contribution in [2.75, 3.05) is 0 Å². The minimum absolute atomic E-state index is 0.0164. The van der Waals surface area contributed by atoms with Gasteiger partial charge < -0.3 is 5.11 Å². The number of aromatic nitrogens is 3. The van der Waals surface area contributed by atoms with E-state index in [0.29, 0.717) is 11.3 Å². The number of nitrogens with zero attached hydrogens (tertiary/aromatic N) is 3. The molecule has 0 bridgehead atoms. The fourth-order valence-corrected chi connectivity index (χ4v) is 8.72. The second kappa shape index (κ2) is 7.16. The molecule has 1 unspecified atom stereocenters. The molecule has 1 N–H and O–H groups in total. The van der Waals surface area contributed by atoms with Gasteiger partial charge in [0.1, 0.15) is 5.69 Å². The normalized spacial score (nSPS) is 44.4. The molecule has 1 aromatic heterocycles. The Morgan fingerprint density at radius 2 is 1.77 bits per heavy atom. The third kappa shape index (κ3) is 2.90. The van der Waals surface area contributed by atoms with Crippen LogP contribution in [0, 0.1) is 34.5 Å². The summed E-state index contributed by atoms with van der Waals surface area (Å²) in [4.78, 5) is 0. The molecule has 4 aliphatic rings. The van der Waals surface area contributed by atoms with Crippen molar-refractivity contribution in [3.8, 4) is 11.3 Å². The molecule has 2 aromatic rings. The molecule has 4 nitrogen and oxygen atoms in total. The van der Waals surface area contributed by atoms with Gasteiger partial charge in [-0.2, -0.15) is 0 Å². The summed E-state index contributed by atoms with van der Waals surface area (Å²) in [5.41, 5.74) is 2.55. The maximum atomic E-state index is 11.6. The third-order valence-electron chi connectivity index (χ3n) is 10.5. The first-order chi connectivity index (χ1) is 15.0. The number of fused-ring (bicyclic) bond motifs is 5. The van der Waals surface area contributed by atoms with Crippen LogP contribution in [0.4, 0.5) is 0 Å². The molecular formula is C27H37N3O. The summed E-state index contributed by atoms with van der Waals surface area (Å²) in [6.07, 6.45) is 13.8. The molecule has 4 heteroatoms. The van der Waals surface area contributed by atoms with Gasteiger partial charge in [-0.25, -0.2) is 4.68 Å². The molecule has 0 aliphatic heterocycles. The molecule has 1 aromatic carbocycles. The highest BCUT2D eigenvalue weighted by Gasteiger charge is 2.62. The zero-order chi connectivity index (χ0) is 21.2. The molecule has 0 radical (unpaired) electrons. The van der Waals surface area contributed by atoms with E-state index in [1.54, 1.807) is 0 Å². The number of rotatable bonds is 2. The van der Waals surface area contributed by atoms with E-state index in [1.807, 2.05) is 22.9 Å². The Kier molecular flexibility index (Phi) is 4.61. The number of aliphatic hydroxyl groups excluding tert-OH is 1. The lowest BCUT2D eigenvalue weighted by molar-refractivity contribution is -0.121. The Morgan fingerprint density at radius 1 is 0.935 bits per heavy atom. The molecular weight excluding hydrogens is 382 g/mol. The van der Waals surface area contributed by atoms with E-state index in [-0.39, 0.29) is 17.6 Å². The summed E-state index contributed by atoms with van der Waals surface area (Å²) in [5.74, 6) is 3.18. The van der Waals surface area contributed by atoms with Crippen molar-refractivity contribution < 1.29 is 5.11 Å². The third-order valence-corrected chi connectivity index (χ3v) is 10.5. The van der Waals surface area contributed by atoms with Crippen molar-refractivity contribution in [3.63, 3.8) is 0 Å². The van der Waals surface area contributed by atoms with Crippen LogP contribution < -0.4 is 0 Å². The highest BCUT2D eigenvalue weighted by Crippen LogP contribution is 2.67. The van der Waals surface area contributed by atoms with Gasteiger partial charge in [0.25, 0.3) is 0 Å². The molecule has 1 heterocycles. The van der Waals surface area contributed by atoms with E-state index in [0.717, 1.165) is 35.4 Å². The first-order valence-corrected chi connectivity index (χ1v) is 12.7. The summed E-state index contributed by atoms with van der Waals surface area (Å²) in [6.45, 7) is 5.01. The maximum Gasteiger partial charge on any atom is 0.113 e. The molecule has 166 valence electrons. The number of benzene rings is 1. The number of aliphatic hydroxyl groups is 1. The number of hydrogen-bond donors (Lipinski definition) is 1. The second-order valence-corrected chi connectivity index (χ2v) is 11.6. The van der Waals surface area contributed by atoms with E-state index in [4.69, 9.17) is 0 Å². The predicted octanol–water partition coefficient (Wildman–Crippen LogP) is 5.89. The maximum absolute atomic E-state index is 11.6. The van der Waals surface area contributed by atoms with Crippen LogP contribution in [0.1, 0.15) is 77.7 Å². The number of hydrogen-bond acceptors (Lipinski definition) is 3. The average Bonchev–Trinajstić information content (AvgIpc) is 3.37. The van der Waals surface area contributed by atoms with Crippen LogP contribution in [0.25, 0.3) is 11.3 Å². The topological polar surface area (TPSA) is 50.9 Å². The summed E-state index contributed by atoms with van der Waals surface area (Å²) >= 11 is 0. The largest absolute Gasteiger partial charge is 0.390 e. The monoisotopic (exact) mass is 419 g/mol. The highest BCUT2D eigenvalue weighted by atomic mass is 16.3. The van der Waals surface area contributed by atoms with Crippen molar-refractivity contribution in [2.24, 2.45) is 34.5 Å². The fourth-order valence-electron chi connectivity index (χ4n) is 8.72. The van der Waals surface area contributed by atoms with Crippen LogP contribution in [0.2, 0.25) is 0 Å². The molecule has 0 saturated heterocycles. The first-order valence-electron chi connectivity index (χ1n) is 12.7. The summed E-state index contributed by atoms with van der Waals surface area (Å²) in [6, 6.07) is 10.3. The molecule has 0 spiro atoms. The Labute approximate surface area is 186 Å². The second-order valence-electron chi connectivity index (χ2n) is 11.6. The van der Waals surface area contributed by atoms with Crippen molar-refractivity contribution in [2.45, 2.75) is 83.8 Å². The predicted molar refractivity (Wildman–Crippen MR) is 122 cm³/mol. The summed E-state index contributed by atoms with van der Waals surface area (Å²) < 4.78 is 1.99. The zero-order valence-corrected chi connectivity index (χ0v) is 19.1. The Bertz CT molecular complexity index is 941. The average molecular weight is 420 g/mol. The van der Waals surface area contributed by atoms with Gasteiger partial charge in [-0.3, -0.25) is 0 Å². The van der Waals surface area contributed by atoms with Crippen LogP contribution in [0.5, 0.6) is 0 Å². The van der Waals surface area contributed by atoms with Gasteiger partial charge >= 0.3 is 0 Å². The zero-order valence-electron chi connectivity index (χ0n) is 19.1. The van der Waals surface area contributed by atoms with Gasteiger partial charge in [-0.1, -0.05) is 62.2 Å². The van der Waals surface area contributed by atoms with E-state index in [1.165, 1.54) is 51.4 Å². The van der Waals surface area contributed by atoms with Crippen molar-refractivity contribution in [3.05, 3.63) is 36.5 Å². The fraction of sp³-hybridized carbons (Fsp3) is 0.704. The lowest BCUT2D eigenvalue weighted by Gasteiger charge is -2.60. The Morgan fingerprint density at radius 3 is 2.61 bits per heavy atom. The van der Waals surface area contributed by atoms with Crippen molar-refractivity contribution >= 4 is 0 Å². The van der Waals surface area contributed by atoms with Crippen LogP contribution >= 0.6 is 0 Å². The van der Waals surface area contributed by atoms with Crippen LogP contribution in [-0.2, 0) is 0 Å². The van der Waals surface area contributed by atoms with Gasteiger partial charge in [-0.05, 0) is 79.4 Å². The lowest BCUT2D eigenvalue weighted by Crippen LogP contribution is -2.53. The van der Waals surface area contributed by atoms with Crippen molar-refractivity contribution in [1.82, 2.24) is 15.0 Å². The Hall–Kier alpha value is -1.68. The van der Waals surface area contributed by atoms with Crippen LogP contribution in [0.3, 0.4) is 0 Å². The minimum Gasteiger partial charge on any atom is -0.390 e. The lowest BCUT2D eigenvalue weighted by atomic mass is 9.45. The summed E-state index contributed by atoms with van der Waals surface area (Å²) in [5, 5.41) is 20.5. The van der Waals surface area contributed by atoms with E-state index in [2.05, 4.69) is 42.5 Å². The van der Waals surface area contributed by atoms with Crippen LogP contribution in [-0.4, -0.2) is 26.2 Å². The molecule has 8 atom stereocenters. The van der Waals surface area contributed by atoms with E-state index < -0.39 is 0 Å². The highest BCUT2D eigenvalue weighted by molar-refractivity contribution is 5.57. The van der Waals surface area contributed by atoms with Crippen LogP contribution in [0.15, 0.2) is 36.5 Å². The first kappa shape index (κ1) is 20.0. The van der Waals surface area contributed by atoms with Gasteiger partial charge in [0, 0.05) is 5.56 Å². The van der Waals surface area contributed by atoms with Crippen molar-refractivity contribution in [1.29, 1.82) is 0 Å². The Balaban J connectivity index is 1.29. The standard InChI is InChI=1S/C27H37N3O/c1-26-14-7-6-10-19(26)11-12-20-21(26)13-15-27(2)22(20)16-24(25(27)31)30-17-23(28-29-30)18-8-4-3-5-9-18/h3-5,8-9,17,19-22,24-25,31H,6-7,10-16H2,1-2H3/t19?,20-,21+,22+,24+,25-,26+,27+/m1/s1.